The summed E-state index contributed by atoms with van der Waals surface area (Å²) in [5.41, 5.74) is -0.872. The number of carbonyl (C=O) groups excluding carboxylic acids is 1. The van der Waals surface area contributed by atoms with Crippen LogP contribution in [0.1, 0.15) is 31.1 Å². The first-order valence-electron chi connectivity index (χ1n) is 6.82. The van der Waals surface area contributed by atoms with Crippen molar-refractivity contribution >= 4 is 34.9 Å². The Morgan fingerprint density at radius 1 is 1.57 bits per heavy atom. The van der Waals surface area contributed by atoms with Gasteiger partial charge in [-0.1, -0.05) is 18.0 Å². The molecule has 0 aliphatic heterocycles. The average molecular weight is 331 g/mol. The Balaban J connectivity index is 1.96. The monoisotopic (exact) mass is 330 g/mol. The van der Waals surface area contributed by atoms with Gasteiger partial charge in [0.1, 0.15) is 0 Å². The number of nitrogens with one attached hydrogen (secondary N) is 1. The third-order valence-corrected chi connectivity index (χ3v) is 5.33. The molecule has 0 aromatic carbocycles. The topological polar surface area (TPSA) is 69.6 Å². The molecule has 1 fully saturated rings. The fourth-order valence-corrected chi connectivity index (χ4v) is 3.80. The summed E-state index contributed by atoms with van der Waals surface area (Å²) in [7, 11) is 1.69. The van der Waals surface area contributed by atoms with Crippen LogP contribution >= 0.6 is 22.9 Å². The van der Waals surface area contributed by atoms with Crippen LogP contribution in [0.4, 0.5) is 4.79 Å². The predicted molar refractivity (Wildman–Crippen MR) is 82.7 cm³/mol. The van der Waals surface area contributed by atoms with Crippen LogP contribution in [-0.2, 0) is 11.3 Å². The van der Waals surface area contributed by atoms with Gasteiger partial charge in [0.05, 0.1) is 16.3 Å². The zero-order valence-electron chi connectivity index (χ0n) is 12.1. The first-order chi connectivity index (χ1) is 9.83. The summed E-state index contributed by atoms with van der Waals surface area (Å²) < 4.78 is 0.688. The third-order valence-electron chi connectivity index (χ3n) is 4.11. The van der Waals surface area contributed by atoms with Crippen molar-refractivity contribution in [3.05, 3.63) is 21.3 Å². The number of aliphatic carboxylic acids is 1. The highest BCUT2D eigenvalue weighted by Gasteiger charge is 2.46. The molecule has 1 aromatic heterocycles. The lowest BCUT2D eigenvalue weighted by molar-refractivity contribution is -0.148. The number of nitrogens with zero attached hydrogens (tertiary/aromatic N) is 1. The molecule has 7 heteroatoms. The molecule has 0 spiro atoms. The number of carboxylic acid groups (broad SMARTS) is 1. The quantitative estimate of drug-likeness (QED) is 0.890. The molecule has 1 heterocycles. The van der Waals surface area contributed by atoms with Crippen LogP contribution in [-0.4, -0.2) is 35.1 Å². The molecule has 2 atom stereocenters. The third kappa shape index (κ3) is 3.49. The molecule has 2 amide bonds. The fourth-order valence-electron chi connectivity index (χ4n) is 2.66. The summed E-state index contributed by atoms with van der Waals surface area (Å²) in [4.78, 5) is 26.2. The van der Waals surface area contributed by atoms with Crippen LogP contribution in [0.15, 0.2) is 12.1 Å². The van der Waals surface area contributed by atoms with Crippen LogP contribution in [0.3, 0.4) is 0 Å². The SMILES string of the molecule is CN(Cc1ccc(Cl)s1)C(=O)NC1CCCC1(C)C(=O)O. The number of carbonyl (C=O) groups is 2. The second-order valence-corrected chi connectivity index (χ2v) is 7.48. The second-order valence-electron chi connectivity index (χ2n) is 5.68. The molecule has 0 saturated heterocycles. The van der Waals surface area contributed by atoms with Gasteiger partial charge < -0.3 is 15.3 Å². The van der Waals surface area contributed by atoms with Crippen molar-refractivity contribution in [2.75, 3.05) is 7.05 Å². The number of urea groups is 1. The smallest absolute Gasteiger partial charge is 0.317 e. The van der Waals surface area contributed by atoms with Gasteiger partial charge in [-0.05, 0) is 31.9 Å². The van der Waals surface area contributed by atoms with Crippen molar-refractivity contribution < 1.29 is 14.7 Å². The highest BCUT2D eigenvalue weighted by molar-refractivity contribution is 7.16. The van der Waals surface area contributed by atoms with E-state index in [9.17, 15) is 14.7 Å². The highest BCUT2D eigenvalue weighted by Crippen LogP contribution is 2.38. The van der Waals surface area contributed by atoms with Crippen LogP contribution < -0.4 is 5.32 Å². The van der Waals surface area contributed by atoms with Gasteiger partial charge in [-0.15, -0.1) is 11.3 Å². The van der Waals surface area contributed by atoms with Crippen LogP contribution in [0.25, 0.3) is 0 Å². The molecule has 1 saturated carbocycles. The van der Waals surface area contributed by atoms with Gasteiger partial charge in [0.2, 0.25) is 0 Å². The predicted octanol–water partition coefficient (Wildman–Crippen LogP) is 3.19. The molecule has 0 bridgehead atoms. The molecule has 2 unspecified atom stereocenters. The number of hydrogen-bond acceptors (Lipinski definition) is 3. The number of rotatable bonds is 4. The molecule has 2 rings (SSSR count). The Bertz CT molecular complexity index is 548. The normalized spacial score (nSPS) is 24.8. The van der Waals surface area contributed by atoms with Gasteiger partial charge in [-0.25, -0.2) is 4.79 Å². The van der Waals surface area contributed by atoms with Crippen molar-refractivity contribution in [1.82, 2.24) is 10.2 Å². The molecule has 1 aliphatic rings. The number of carboxylic acids is 1. The maximum Gasteiger partial charge on any atom is 0.317 e. The summed E-state index contributed by atoms with van der Waals surface area (Å²) in [5.74, 6) is -0.849. The molecular formula is C14H19ClN2O3S. The van der Waals surface area contributed by atoms with Crippen molar-refractivity contribution in [3.8, 4) is 0 Å². The van der Waals surface area contributed by atoms with Gasteiger partial charge in [-0.2, -0.15) is 0 Å². The number of halogens is 1. The fraction of sp³-hybridized carbons (Fsp3) is 0.571. The van der Waals surface area contributed by atoms with Gasteiger partial charge >= 0.3 is 12.0 Å². The molecular weight excluding hydrogens is 312 g/mol. The lowest BCUT2D eigenvalue weighted by Crippen LogP contribution is -2.50. The summed E-state index contributed by atoms with van der Waals surface area (Å²) in [5, 5.41) is 12.2. The summed E-state index contributed by atoms with van der Waals surface area (Å²) in [6.45, 7) is 2.16. The zero-order chi connectivity index (χ0) is 15.6. The minimum absolute atomic E-state index is 0.251. The average Bonchev–Trinajstić information content (AvgIpc) is 2.97. The number of amides is 2. The van der Waals surface area contributed by atoms with Crippen molar-refractivity contribution in [3.63, 3.8) is 0 Å². The van der Waals surface area contributed by atoms with E-state index in [2.05, 4.69) is 5.32 Å². The maximum atomic E-state index is 12.2. The number of thiophene rings is 1. The van der Waals surface area contributed by atoms with E-state index in [0.717, 1.165) is 11.3 Å². The zero-order valence-corrected chi connectivity index (χ0v) is 13.6. The minimum atomic E-state index is -0.872. The lowest BCUT2D eigenvalue weighted by Gasteiger charge is -2.29. The maximum absolute atomic E-state index is 12.2. The van der Waals surface area contributed by atoms with E-state index in [4.69, 9.17) is 11.6 Å². The van der Waals surface area contributed by atoms with Gasteiger partial charge in [0, 0.05) is 18.0 Å². The van der Waals surface area contributed by atoms with E-state index in [1.807, 2.05) is 6.07 Å². The van der Waals surface area contributed by atoms with Gasteiger partial charge in [0.15, 0.2) is 0 Å². The van der Waals surface area contributed by atoms with Crippen LogP contribution in [0.5, 0.6) is 0 Å². The number of hydrogen-bond donors (Lipinski definition) is 2. The molecule has 5 nitrogen and oxygen atoms in total. The second kappa shape index (κ2) is 6.23. The van der Waals surface area contributed by atoms with E-state index in [-0.39, 0.29) is 12.1 Å². The van der Waals surface area contributed by atoms with Gasteiger partial charge in [-0.3, -0.25) is 4.79 Å². The van der Waals surface area contributed by atoms with E-state index < -0.39 is 11.4 Å². The lowest BCUT2D eigenvalue weighted by atomic mass is 9.85. The summed E-state index contributed by atoms with van der Waals surface area (Å²) >= 11 is 7.30. The Labute approximate surface area is 132 Å². The molecule has 21 heavy (non-hydrogen) atoms. The highest BCUT2D eigenvalue weighted by atomic mass is 35.5. The Morgan fingerprint density at radius 3 is 2.86 bits per heavy atom. The van der Waals surface area contributed by atoms with Crippen LogP contribution in [0, 0.1) is 5.41 Å². The summed E-state index contributed by atoms with van der Waals surface area (Å²) in [6, 6.07) is 3.11. The van der Waals surface area contributed by atoms with Gasteiger partial charge in [0.25, 0.3) is 0 Å². The van der Waals surface area contributed by atoms with Crippen molar-refractivity contribution in [2.45, 2.75) is 38.8 Å². The molecule has 1 aromatic rings. The van der Waals surface area contributed by atoms with E-state index in [1.165, 1.54) is 11.3 Å². The minimum Gasteiger partial charge on any atom is -0.481 e. The van der Waals surface area contributed by atoms with Crippen LogP contribution in [0.2, 0.25) is 4.34 Å². The van der Waals surface area contributed by atoms with Crippen molar-refractivity contribution in [1.29, 1.82) is 0 Å². The summed E-state index contributed by atoms with van der Waals surface area (Å²) in [6.07, 6.45) is 2.11. The van der Waals surface area contributed by atoms with E-state index >= 15 is 0 Å². The van der Waals surface area contributed by atoms with E-state index in [0.29, 0.717) is 23.7 Å². The molecule has 1 aliphatic carbocycles. The molecule has 0 radical (unpaired) electrons. The van der Waals surface area contributed by atoms with E-state index in [1.54, 1.807) is 24.9 Å². The Morgan fingerprint density at radius 2 is 2.29 bits per heavy atom. The Hall–Kier alpha value is -1.27. The van der Waals surface area contributed by atoms with Crippen molar-refractivity contribution in [2.24, 2.45) is 5.41 Å². The molecule has 2 N–H and O–H groups in total. The first-order valence-corrected chi connectivity index (χ1v) is 8.01. The Kier molecular flexibility index (Phi) is 4.78. The standard InChI is InChI=1S/C14H19ClN2O3S/c1-14(12(18)19)7-3-4-10(14)16-13(20)17(2)8-9-5-6-11(15)21-9/h5-6,10H,3-4,7-8H2,1-2H3,(H,16,20)(H,18,19). The largest absolute Gasteiger partial charge is 0.481 e. The first kappa shape index (κ1) is 16.1. The molecule has 116 valence electrons.